The number of carbonyl (C=O) groups is 1. The molecule has 0 N–H and O–H groups in total. The molecule has 0 saturated heterocycles. The average Bonchev–Trinajstić information content (AvgIpc) is 2.42. The second kappa shape index (κ2) is 6.75. The summed E-state index contributed by atoms with van der Waals surface area (Å²) < 4.78 is 5.03. The standard InChI is InChI=1S/C14H23ClO2/c15-17-14(12-9-5-2-6-10-12)13(16)11-7-3-1-4-8-11/h11-12,14H,1-10H2. The maximum atomic E-state index is 12.4. The minimum Gasteiger partial charge on any atom is -0.296 e. The van der Waals surface area contributed by atoms with Gasteiger partial charge in [0, 0.05) is 5.92 Å². The monoisotopic (exact) mass is 258 g/mol. The van der Waals surface area contributed by atoms with Crippen molar-refractivity contribution >= 4 is 17.6 Å². The lowest BCUT2D eigenvalue weighted by Gasteiger charge is -2.30. The van der Waals surface area contributed by atoms with Crippen LogP contribution in [0.2, 0.25) is 0 Å². The first-order chi connectivity index (χ1) is 8.33. The molecular weight excluding hydrogens is 236 g/mol. The fourth-order valence-electron chi connectivity index (χ4n) is 3.41. The molecule has 98 valence electrons. The minimum absolute atomic E-state index is 0.217. The van der Waals surface area contributed by atoms with E-state index in [9.17, 15) is 4.79 Å². The molecule has 0 aromatic carbocycles. The molecule has 2 rings (SSSR count). The molecule has 2 aliphatic carbocycles. The van der Waals surface area contributed by atoms with Crippen LogP contribution in [0.5, 0.6) is 0 Å². The SMILES string of the molecule is O=C(C1CCCCC1)C(OCl)C1CCCCC1. The van der Waals surface area contributed by atoms with Crippen LogP contribution in [0.15, 0.2) is 0 Å². The maximum absolute atomic E-state index is 12.4. The highest BCUT2D eigenvalue weighted by Gasteiger charge is 2.35. The number of ketones is 1. The molecule has 0 aromatic heterocycles. The van der Waals surface area contributed by atoms with Crippen LogP contribution in [0.25, 0.3) is 0 Å². The van der Waals surface area contributed by atoms with Crippen molar-refractivity contribution in [3.63, 3.8) is 0 Å². The summed E-state index contributed by atoms with van der Waals surface area (Å²) in [7, 11) is 0. The lowest BCUT2D eigenvalue weighted by Crippen LogP contribution is -2.37. The highest BCUT2D eigenvalue weighted by molar-refractivity contribution is 6.08. The largest absolute Gasteiger partial charge is 0.296 e. The summed E-state index contributed by atoms with van der Waals surface area (Å²) in [5, 5.41) is 0. The van der Waals surface area contributed by atoms with Crippen LogP contribution in [0.1, 0.15) is 64.2 Å². The normalized spacial score (nSPS) is 25.7. The molecule has 2 aliphatic rings. The number of halogens is 1. The number of carbonyl (C=O) groups excluding carboxylic acids is 1. The smallest absolute Gasteiger partial charge is 0.166 e. The molecule has 1 atom stereocenters. The predicted molar refractivity (Wildman–Crippen MR) is 68.9 cm³/mol. The van der Waals surface area contributed by atoms with Crippen molar-refractivity contribution in [1.29, 1.82) is 0 Å². The molecule has 0 aromatic rings. The van der Waals surface area contributed by atoms with Crippen molar-refractivity contribution in [2.24, 2.45) is 11.8 Å². The minimum atomic E-state index is -0.333. The third-order valence-corrected chi connectivity index (χ3v) is 4.65. The zero-order valence-corrected chi connectivity index (χ0v) is 11.3. The third-order valence-electron chi connectivity index (χ3n) is 4.46. The molecule has 2 saturated carbocycles. The van der Waals surface area contributed by atoms with Crippen molar-refractivity contribution in [3.8, 4) is 0 Å². The van der Waals surface area contributed by atoms with E-state index in [1.165, 1.54) is 38.5 Å². The van der Waals surface area contributed by atoms with Gasteiger partial charge in [0.25, 0.3) is 0 Å². The second-order valence-corrected chi connectivity index (χ2v) is 5.82. The van der Waals surface area contributed by atoms with Crippen molar-refractivity contribution in [2.45, 2.75) is 70.3 Å². The van der Waals surface area contributed by atoms with Gasteiger partial charge >= 0.3 is 0 Å². The van der Waals surface area contributed by atoms with E-state index in [2.05, 4.69) is 0 Å². The van der Waals surface area contributed by atoms with Crippen LogP contribution in [0.4, 0.5) is 0 Å². The van der Waals surface area contributed by atoms with Gasteiger partial charge < -0.3 is 0 Å². The Labute approximate surface area is 109 Å². The fraction of sp³-hybridized carbons (Fsp3) is 0.929. The van der Waals surface area contributed by atoms with Gasteiger partial charge in [-0.05, 0) is 31.6 Å². The highest BCUT2D eigenvalue weighted by atomic mass is 35.5. The first-order valence-corrected chi connectivity index (χ1v) is 7.45. The van der Waals surface area contributed by atoms with Gasteiger partial charge in [0.05, 0.1) is 11.9 Å². The third kappa shape index (κ3) is 3.45. The Morgan fingerprint density at radius 3 is 2.00 bits per heavy atom. The van der Waals surface area contributed by atoms with E-state index in [0.29, 0.717) is 5.92 Å². The van der Waals surface area contributed by atoms with E-state index in [1.807, 2.05) is 0 Å². The van der Waals surface area contributed by atoms with Crippen LogP contribution in [-0.2, 0) is 9.08 Å². The van der Waals surface area contributed by atoms with Crippen LogP contribution in [-0.4, -0.2) is 11.9 Å². The fourth-order valence-corrected chi connectivity index (χ4v) is 3.64. The number of Topliss-reactive ketones (excluding diaryl/α,β-unsaturated/α-hetero) is 1. The van der Waals surface area contributed by atoms with E-state index < -0.39 is 0 Å². The molecule has 3 heteroatoms. The molecule has 0 amide bonds. The molecule has 2 fully saturated rings. The Kier molecular flexibility index (Phi) is 5.30. The Morgan fingerprint density at radius 2 is 1.47 bits per heavy atom. The molecule has 2 nitrogen and oxygen atoms in total. The Balaban J connectivity index is 1.93. The average molecular weight is 259 g/mol. The van der Waals surface area contributed by atoms with E-state index in [-0.39, 0.29) is 17.8 Å². The lowest BCUT2D eigenvalue weighted by molar-refractivity contribution is -0.133. The molecule has 0 heterocycles. The van der Waals surface area contributed by atoms with Gasteiger partial charge in [-0.25, -0.2) is 0 Å². The first kappa shape index (κ1) is 13.4. The number of hydrogen-bond donors (Lipinski definition) is 0. The van der Waals surface area contributed by atoms with Crippen LogP contribution in [0, 0.1) is 11.8 Å². The highest BCUT2D eigenvalue weighted by Crippen LogP contribution is 2.33. The lowest BCUT2D eigenvalue weighted by atomic mass is 9.78. The summed E-state index contributed by atoms with van der Waals surface area (Å²) in [4.78, 5) is 12.4. The summed E-state index contributed by atoms with van der Waals surface area (Å²) in [6, 6.07) is 0. The first-order valence-electron chi connectivity index (χ1n) is 7.14. The summed E-state index contributed by atoms with van der Waals surface area (Å²) in [6.07, 6.45) is 11.4. The Hall–Kier alpha value is -0.0800. The topological polar surface area (TPSA) is 26.3 Å². The molecule has 0 radical (unpaired) electrons. The van der Waals surface area contributed by atoms with E-state index in [1.54, 1.807) is 0 Å². The summed E-state index contributed by atoms with van der Waals surface area (Å²) in [5.41, 5.74) is 0. The van der Waals surface area contributed by atoms with Gasteiger partial charge in [-0.1, -0.05) is 38.5 Å². The van der Waals surface area contributed by atoms with Crippen LogP contribution in [0.3, 0.4) is 0 Å². The zero-order valence-electron chi connectivity index (χ0n) is 10.5. The molecule has 0 aliphatic heterocycles. The zero-order chi connectivity index (χ0) is 12.1. The molecule has 0 bridgehead atoms. The molecule has 0 spiro atoms. The van der Waals surface area contributed by atoms with Crippen molar-refractivity contribution in [1.82, 2.24) is 0 Å². The van der Waals surface area contributed by atoms with Gasteiger partial charge in [-0.15, -0.1) is 0 Å². The second-order valence-electron chi connectivity index (χ2n) is 5.65. The molecular formula is C14H23ClO2. The predicted octanol–water partition coefficient (Wildman–Crippen LogP) is 4.26. The number of rotatable bonds is 4. The number of hydrogen-bond acceptors (Lipinski definition) is 2. The van der Waals surface area contributed by atoms with E-state index in [0.717, 1.165) is 25.7 Å². The van der Waals surface area contributed by atoms with Crippen LogP contribution >= 0.6 is 11.9 Å². The van der Waals surface area contributed by atoms with Crippen molar-refractivity contribution in [2.75, 3.05) is 0 Å². The summed E-state index contributed by atoms with van der Waals surface area (Å²) in [5.74, 6) is 0.872. The van der Waals surface area contributed by atoms with Crippen LogP contribution < -0.4 is 0 Å². The molecule has 1 unspecified atom stereocenters. The summed E-state index contributed by atoms with van der Waals surface area (Å²) in [6.45, 7) is 0. The summed E-state index contributed by atoms with van der Waals surface area (Å²) >= 11 is 5.59. The Morgan fingerprint density at radius 1 is 0.941 bits per heavy atom. The van der Waals surface area contributed by atoms with Gasteiger partial charge in [-0.3, -0.25) is 9.08 Å². The van der Waals surface area contributed by atoms with Gasteiger partial charge in [0.1, 0.15) is 6.10 Å². The Bertz CT molecular complexity index is 243. The molecule has 17 heavy (non-hydrogen) atoms. The van der Waals surface area contributed by atoms with Gasteiger partial charge in [-0.2, -0.15) is 0 Å². The van der Waals surface area contributed by atoms with Crippen molar-refractivity contribution < 1.29 is 9.08 Å². The van der Waals surface area contributed by atoms with Gasteiger partial charge in [0.2, 0.25) is 0 Å². The van der Waals surface area contributed by atoms with Gasteiger partial charge in [0.15, 0.2) is 5.78 Å². The van der Waals surface area contributed by atoms with Crippen molar-refractivity contribution in [3.05, 3.63) is 0 Å². The maximum Gasteiger partial charge on any atom is 0.166 e. The van der Waals surface area contributed by atoms with E-state index >= 15 is 0 Å². The quantitative estimate of drug-likeness (QED) is 0.753. The van der Waals surface area contributed by atoms with E-state index in [4.69, 9.17) is 16.2 Å².